The summed E-state index contributed by atoms with van der Waals surface area (Å²) in [6.45, 7) is 0. The predicted octanol–water partition coefficient (Wildman–Crippen LogP) is 1.52. The zero-order chi connectivity index (χ0) is 7.90. The van der Waals surface area contributed by atoms with Crippen LogP contribution in [0.1, 0.15) is 18.5 Å². The molecule has 11 heavy (non-hydrogen) atoms. The smallest absolute Gasteiger partial charge is 0.108 e. The van der Waals surface area contributed by atoms with Crippen LogP contribution < -0.4 is 0 Å². The molecule has 0 amide bonds. The highest BCUT2D eigenvalue weighted by molar-refractivity contribution is 6.31. The van der Waals surface area contributed by atoms with Crippen LogP contribution in [-0.4, -0.2) is 10.1 Å². The van der Waals surface area contributed by atoms with Gasteiger partial charge in [-0.05, 0) is 18.9 Å². The molecule has 1 aromatic rings. The average Bonchev–Trinajstić information content (AvgIpc) is 2.70. The van der Waals surface area contributed by atoms with Gasteiger partial charge in [0, 0.05) is 12.3 Å². The summed E-state index contributed by atoms with van der Waals surface area (Å²) in [6, 6.07) is 4.43. The van der Waals surface area contributed by atoms with E-state index in [9.17, 15) is 5.11 Å². The zero-order valence-electron chi connectivity index (χ0n) is 5.84. The molecule has 1 aliphatic carbocycles. The maximum absolute atomic E-state index is 9.61. The number of halogens is 1. The summed E-state index contributed by atoms with van der Waals surface area (Å²) in [5.74, 6) is 0. The lowest BCUT2D eigenvalue weighted by Gasteiger charge is -2.06. The van der Waals surface area contributed by atoms with E-state index in [1.807, 2.05) is 0 Å². The molecule has 1 heterocycles. The van der Waals surface area contributed by atoms with Crippen molar-refractivity contribution < 1.29 is 5.11 Å². The van der Waals surface area contributed by atoms with Crippen molar-refractivity contribution in [3.8, 4) is 0 Å². The van der Waals surface area contributed by atoms with Gasteiger partial charge < -0.3 is 5.11 Å². The highest BCUT2D eigenvalue weighted by Gasteiger charge is 2.44. The average molecular weight is 169 g/mol. The van der Waals surface area contributed by atoms with Crippen LogP contribution in [0, 0.1) is 6.07 Å². The first-order valence-corrected chi connectivity index (χ1v) is 3.85. The normalized spacial score (nSPS) is 19.8. The van der Waals surface area contributed by atoms with Crippen LogP contribution in [0.4, 0.5) is 0 Å². The number of pyridine rings is 1. The van der Waals surface area contributed by atoms with Gasteiger partial charge in [0.2, 0.25) is 0 Å². The van der Waals surface area contributed by atoms with Crippen LogP contribution in [0.5, 0.6) is 0 Å². The summed E-state index contributed by atoms with van der Waals surface area (Å²) in [6.07, 6.45) is 3.12. The Bertz CT molecular complexity index is 283. The molecule has 1 aliphatic rings. The molecule has 3 heteroatoms. The van der Waals surface area contributed by atoms with E-state index in [1.165, 1.54) is 0 Å². The van der Waals surface area contributed by atoms with Crippen molar-refractivity contribution in [3.63, 3.8) is 0 Å². The Morgan fingerprint density at radius 3 is 2.91 bits per heavy atom. The van der Waals surface area contributed by atoms with E-state index in [4.69, 9.17) is 11.6 Å². The van der Waals surface area contributed by atoms with Gasteiger partial charge >= 0.3 is 0 Å². The van der Waals surface area contributed by atoms with Crippen LogP contribution in [0.25, 0.3) is 0 Å². The minimum Gasteiger partial charge on any atom is -0.383 e. The number of rotatable bonds is 1. The lowest BCUT2D eigenvalue weighted by molar-refractivity contribution is 0.146. The molecule has 2 nitrogen and oxygen atoms in total. The Hall–Kier alpha value is -0.600. The molecular weight excluding hydrogens is 162 g/mol. The molecule has 1 saturated carbocycles. The zero-order valence-corrected chi connectivity index (χ0v) is 6.60. The third-order valence-corrected chi connectivity index (χ3v) is 2.15. The van der Waals surface area contributed by atoms with E-state index in [1.54, 1.807) is 12.3 Å². The quantitative estimate of drug-likeness (QED) is 0.690. The maximum Gasteiger partial charge on any atom is 0.108 e. The van der Waals surface area contributed by atoms with Gasteiger partial charge in [-0.3, -0.25) is 4.98 Å². The Balaban J connectivity index is 2.45. The van der Waals surface area contributed by atoms with E-state index < -0.39 is 5.60 Å². The van der Waals surface area contributed by atoms with Crippen molar-refractivity contribution >= 4 is 11.6 Å². The Labute approximate surface area is 69.8 Å². The minimum absolute atomic E-state index is 0.438. The molecule has 1 aromatic heterocycles. The number of nitrogens with zero attached hydrogens (tertiary/aromatic N) is 1. The van der Waals surface area contributed by atoms with Crippen molar-refractivity contribution in [2.24, 2.45) is 0 Å². The third kappa shape index (κ3) is 1.12. The topological polar surface area (TPSA) is 33.1 Å². The summed E-state index contributed by atoms with van der Waals surface area (Å²) in [5, 5.41) is 10.1. The van der Waals surface area contributed by atoms with Crippen molar-refractivity contribution in [1.82, 2.24) is 4.98 Å². The summed E-state index contributed by atoms with van der Waals surface area (Å²) in [7, 11) is 0. The van der Waals surface area contributed by atoms with Crippen molar-refractivity contribution in [3.05, 3.63) is 29.0 Å². The van der Waals surface area contributed by atoms with Crippen LogP contribution >= 0.6 is 11.6 Å². The van der Waals surface area contributed by atoms with E-state index in [0.29, 0.717) is 10.7 Å². The predicted molar refractivity (Wildman–Crippen MR) is 41.2 cm³/mol. The molecule has 0 atom stereocenters. The minimum atomic E-state index is -0.741. The fraction of sp³-hybridized carbons (Fsp3) is 0.375. The standard InChI is InChI=1S/C8H7ClNO/c9-6-2-1-5-10-7(6)8(11)3-4-8/h1,5,11H,3-4H2. The van der Waals surface area contributed by atoms with Crippen molar-refractivity contribution in [1.29, 1.82) is 0 Å². The van der Waals surface area contributed by atoms with Crippen LogP contribution in [-0.2, 0) is 5.60 Å². The molecule has 0 bridgehead atoms. The largest absolute Gasteiger partial charge is 0.383 e. The molecule has 2 rings (SSSR count). The summed E-state index contributed by atoms with van der Waals surface area (Å²) < 4.78 is 0. The van der Waals surface area contributed by atoms with E-state index in [-0.39, 0.29) is 0 Å². The van der Waals surface area contributed by atoms with Gasteiger partial charge in [-0.1, -0.05) is 11.6 Å². The number of hydrogen-bond donors (Lipinski definition) is 1. The first kappa shape index (κ1) is 7.07. The van der Waals surface area contributed by atoms with E-state index in [2.05, 4.69) is 11.1 Å². The first-order valence-electron chi connectivity index (χ1n) is 3.47. The highest BCUT2D eigenvalue weighted by Crippen LogP contribution is 2.46. The second-order valence-electron chi connectivity index (χ2n) is 2.78. The third-order valence-electron chi connectivity index (χ3n) is 1.86. The van der Waals surface area contributed by atoms with Gasteiger partial charge in [0.05, 0.1) is 10.7 Å². The molecule has 0 aliphatic heterocycles. The van der Waals surface area contributed by atoms with Gasteiger partial charge in [0.1, 0.15) is 5.60 Å². The summed E-state index contributed by atoms with van der Waals surface area (Å²) in [5.41, 5.74) is -0.170. The number of aromatic nitrogens is 1. The van der Waals surface area contributed by atoms with Crippen LogP contribution in [0.2, 0.25) is 5.02 Å². The lowest BCUT2D eigenvalue weighted by atomic mass is 10.2. The van der Waals surface area contributed by atoms with Gasteiger partial charge in [-0.25, -0.2) is 0 Å². The van der Waals surface area contributed by atoms with Gasteiger partial charge in [-0.2, -0.15) is 0 Å². The molecule has 57 valence electrons. The molecule has 0 aromatic carbocycles. The molecule has 0 unspecified atom stereocenters. The summed E-state index contributed by atoms with van der Waals surface area (Å²) in [4.78, 5) is 4.00. The Morgan fingerprint density at radius 2 is 2.36 bits per heavy atom. The summed E-state index contributed by atoms with van der Waals surface area (Å²) >= 11 is 5.77. The molecule has 1 radical (unpaired) electrons. The molecule has 1 N–H and O–H groups in total. The second-order valence-corrected chi connectivity index (χ2v) is 3.16. The van der Waals surface area contributed by atoms with Gasteiger partial charge in [0.25, 0.3) is 0 Å². The van der Waals surface area contributed by atoms with Crippen molar-refractivity contribution in [2.75, 3.05) is 0 Å². The maximum atomic E-state index is 9.61. The Morgan fingerprint density at radius 1 is 1.64 bits per heavy atom. The Kier molecular flexibility index (Phi) is 1.41. The molecule has 0 saturated heterocycles. The van der Waals surface area contributed by atoms with Crippen LogP contribution in [0.3, 0.4) is 0 Å². The monoisotopic (exact) mass is 168 g/mol. The number of hydrogen-bond acceptors (Lipinski definition) is 2. The molecule has 1 fully saturated rings. The van der Waals surface area contributed by atoms with Gasteiger partial charge in [-0.15, -0.1) is 0 Å². The van der Waals surface area contributed by atoms with Crippen molar-refractivity contribution in [2.45, 2.75) is 18.4 Å². The van der Waals surface area contributed by atoms with Crippen LogP contribution in [0.15, 0.2) is 12.3 Å². The lowest BCUT2D eigenvalue weighted by Crippen LogP contribution is -2.07. The SMILES string of the molecule is OC1(c2ncc[c]c2Cl)CC1. The van der Waals surface area contributed by atoms with Gasteiger partial charge in [0.15, 0.2) is 0 Å². The fourth-order valence-corrected chi connectivity index (χ4v) is 1.31. The number of aliphatic hydroxyl groups is 1. The first-order chi connectivity index (χ1) is 5.22. The fourth-order valence-electron chi connectivity index (χ4n) is 1.03. The molecule has 0 spiro atoms. The second kappa shape index (κ2) is 2.19. The van der Waals surface area contributed by atoms with E-state index >= 15 is 0 Å². The highest BCUT2D eigenvalue weighted by atomic mass is 35.5. The molecular formula is C8H7ClNO. The van der Waals surface area contributed by atoms with E-state index in [0.717, 1.165) is 12.8 Å².